The molecule has 2 aromatic carbocycles. The van der Waals surface area contributed by atoms with Crippen LogP contribution in [0.3, 0.4) is 0 Å². The van der Waals surface area contributed by atoms with Crippen LogP contribution in [0.15, 0.2) is 48.5 Å². The zero-order valence-electron chi connectivity index (χ0n) is 14.8. The van der Waals surface area contributed by atoms with E-state index in [-0.39, 0.29) is 5.91 Å². The van der Waals surface area contributed by atoms with Crippen LogP contribution < -0.4 is 19.5 Å². The van der Waals surface area contributed by atoms with Crippen molar-refractivity contribution in [3.63, 3.8) is 0 Å². The first-order valence-corrected chi connectivity index (χ1v) is 8.60. The Morgan fingerprint density at radius 2 is 1.68 bits per heavy atom. The molecule has 0 aliphatic heterocycles. The van der Waals surface area contributed by atoms with E-state index in [4.69, 9.17) is 14.2 Å². The zero-order chi connectivity index (χ0) is 17.9. The highest BCUT2D eigenvalue weighted by Crippen LogP contribution is 2.28. The highest BCUT2D eigenvalue weighted by molar-refractivity contribution is 5.94. The van der Waals surface area contributed by atoms with Crippen molar-refractivity contribution in [2.24, 2.45) is 0 Å². The molecule has 0 atom stereocenters. The minimum atomic E-state index is -0.109. The van der Waals surface area contributed by atoms with Crippen LogP contribution >= 0.6 is 0 Å². The van der Waals surface area contributed by atoms with Gasteiger partial charge in [-0.15, -0.1) is 0 Å². The maximum atomic E-state index is 12.1. The van der Waals surface area contributed by atoms with Crippen molar-refractivity contribution in [3.05, 3.63) is 54.1 Å². The fourth-order valence-electron chi connectivity index (χ4n) is 2.21. The molecule has 0 saturated heterocycles. The van der Waals surface area contributed by atoms with Crippen LogP contribution in [0.2, 0.25) is 0 Å². The van der Waals surface area contributed by atoms with Crippen LogP contribution in [0.4, 0.5) is 0 Å². The highest BCUT2D eigenvalue weighted by Gasteiger charge is 2.11. The number of rotatable bonds is 10. The Kier molecular flexibility index (Phi) is 7.63. The predicted octanol–water partition coefficient (Wildman–Crippen LogP) is 3.68. The summed E-state index contributed by atoms with van der Waals surface area (Å²) in [6.45, 7) is 5.87. The second kappa shape index (κ2) is 10.2. The Labute approximate surface area is 148 Å². The summed E-state index contributed by atoms with van der Waals surface area (Å²) in [6, 6.07) is 14.8. The van der Waals surface area contributed by atoms with E-state index in [0.717, 1.165) is 12.2 Å². The molecule has 0 unspecified atom stereocenters. The average Bonchev–Trinajstić information content (AvgIpc) is 2.65. The smallest absolute Gasteiger partial charge is 0.251 e. The van der Waals surface area contributed by atoms with Gasteiger partial charge in [-0.25, -0.2) is 0 Å². The molecule has 134 valence electrons. The number of carbonyl (C=O) groups excluding carboxylic acids is 1. The van der Waals surface area contributed by atoms with Gasteiger partial charge in [0.05, 0.1) is 6.61 Å². The lowest BCUT2D eigenvalue weighted by Gasteiger charge is -2.14. The number of para-hydroxylation sites is 1. The van der Waals surface area contributed by atoms with Crippen molar-refractivity contribution in [3.8, 4) is 17.2 Å². The summed E-state index contributed by atoms with van der Waals surface area (Å²) in [6.07, 6.45) is 0.896. The molecule has 0 aromatic heterocycles. The second-order valence-electron chi connectivity index (χ2n) is 5.36. The molecular weight excluding hydrogens is 318 g/mol. The number of amides is 1. The number of hydrogen-bond acceptors (Lipinski definition) is 4. The van der Waals surface area contributed by atoms with Gasteiger partial charge in [0.1, 0.15) is 19.0 Å². The van der Waals surface area contributed by atoms with E-state index in [1.165, 1.54) is 0 Å². The fourth-order valence-corrected chi connectivity index (χ4v) is 2.21. The van der Waals surface area contributed by atoms with Gasteiger partial charge in [0.25, 0.3) is 5.91 Å². The molecule has 0 fully saturated rings. The molecule has 0 aliphatic rings. The van der Waals surface area contributed by atoms with Crippen molar-refractivity contribution in [2.45, 2.75) is 20.3 Å². The number of benzene rings is 2. The minimum absolute atomic E-state index is 0.109. The zero-order valence-corrected chi connectivity index (χ0v) is 14.8. The third-order valence-electron chi connectivity index (χ3n) is 3.39. The summed E-state index contributed by atoms with van der Waals surface area (Å²) in [5.41, 5.74) is 0.560. The lowest BCUT2D eigenvalue weighted by molar-refractivity contribution is 0.0953. The molecule has 0 heterocycles. The molecule has 5 heteroatoms. The van der Waals surface area contributed by atoms with Crippen molar-refractivity contribution in [2.75, 3.05) is 26.4 Å². The van der Waals surface area contributed by atoms with Crippen LogP contribution in [0, 0.1) is 0 Å². The molecule has 0 spiro atoms. The largest absolute Gasteiger partial charge is 0.490 e. The lowest BCUT2D eigenvalue weighted by atomic mass is 10.2. The molecule has 2 rings (SSSR count). The van der Waals surface area contributed by atoms with Crippen LogP contribution in [-0.2, 0) is 0 Å². The molecule has 0 aliphatic carbocycles. The summed E-state index contributed by atoms with van der Waals surface area (Å²) in [4.78, 5) is 12.1. The van der Waals surface area contributed by atoms with Gasteiger partial charge < -0.3 is 19.5 Å². The Bertz CT molecular complexity index is 658. The summed E-state index contributed by atoms with van der Waals surface area (Å²) in [5.74, 6) is 1.86. The molecule has 0 saturated carbocycles. The minimum Gasteiger partial charge on any atom is -0.490 e. The first kappa shape index (κ1) is 18.6. The quantitative estimate of drug-likeness (QED) is 0.669. The highest BCUT2D eigenvalue weighted by atomic mass is 16.5. The first-order valence-electron chi connectivity index (χ1n) is 8.60. The van der Waals surface area contributed by atoms with Crippen molar-refractivity contribution in [1.29, 1.82) is 0 Å². The molecule has 5 nitrogen and oxygen atoms in total. The monoisotopic (exact) mass is 343 g/mol. The van der Waals surface area contributed by atoms with E-state index in [1.54, 1.807) is 18.2 Å². The third kappa shape index (κ3) is 6.03. The number of ether oxygens (including phenoxy) is 3. The Hall–Kier alpha value is -2.69. The molecule has 0 radical (unpaired) electrons. The van der Waals surface area contributed by atoms with E-state index < -0.39 is 0 Å². The molecule has 25 heavy (non-hydrogen) atoms. The van der Waals surface area contributed by atoms with Crippen molar-refractivity contribution >= 4 is 5.91 Å². The Balaban J connectivity index is 1.93. The maximum Gasteiger partial charge on any atom is 0.251 e. The van der Waals surface area contributed by atoms with Gasteiger partial charge in [0, 0.05) is 12.1 Å². The predicted molar refractivity (Wildman–Crippen MR) is 97.7 cm³/mol. The number of carbonyl (C=O) groups is 1. The van der Waals surface area contributed by atoms with Crippen LogP contribution in [0.5, 0.6) is 17.2 Å². The molecule has 2 aromatic rings. The molecule has 1 N–H and O–H groups in total. The van der Waals surface area contributed by atoms with E-state index in [9.17, 15) is 4.79 Å². The maximum absolute atomic E-state index is 12.1. The van der Waals surface area contributed by atoms with Gasteiger partial charge >= 0.3 is 0 Å². The van der Waals surface area contributed by atoms with Crippen LogP contribution in [-0.4, -0.2) is 32.3 Å². The van der Waals surface area contributed by atoms with Gasteiger partial charge in [-0.3, -0.25) is 4.79 Å². The van der Waals surface area contributed by atoms with Crippen LogP contribution in [0.1, 0.15) is 30.6 Å². The molecule has 1 amide bonds. The molecule has 0 bridgehead atoms. The Morgan fingerprint density at radius 1 is 0.920 bits per heavy atom. The molecular formula is C20H25NO4. The van der Waals surface area contributed by atoms with Crippen LogP contribution in [0.25, 0.3) is 0 Å². The van der Waals surface area contributed by atoms with Gasteiger partial charge in [0.15, 0.2) is 11.5 Å². The first-order chi connectivity index (χ1) is 12.2. The van der Waals surface area contributed by atoms with Gasteiger partial charge in [0.2, 0.25) is 0 Å². The summed E-state index contributed by atoms with van der Waals surface area (Å²) < 4.78 is 17.0. The van der Waals surface area contributed by atoms with E-state index in [1.807, 2.05) is 44.2 Å². The number of hydrogen-bond donors (Lipinski definition) is 1. The normalized spacial score (nSPS) is 10.2. The average molecular weight is 343 g/mol. The standard InChI is InChI=1S/C20H25NO4/c1-3-12-21-20(22)16-10-11-18(19(15-16)23-4-2)25-14-13-24-17-8-6-5-7-9-17/h5-11,15H,3-4,12-14H2,1-2H3,(H,21,22). The summed E-state index contributed by atoms with van der Waals surface area (Å²) in [5, 5.41) is 2.85. The fraction of sp³-hybridized carbons (Fsp3) is 0.350. The Morgan fingerprint density at radius 3 is 2.40 bits per heavy atom. The topological polar surface area (TPSA) is 56.8 Å². The summed E-state index contributed by atoms with van der Waals surface area (Å²) >= 11 is 0. The van der Waals surface area contributed by atoms with Crippen molar-refractivity contribution < 1.29 is 19.0 Å². The van der Waals surface area contributed by atoms with Gasteiger partial charge in [-0.1, -0.05) is 25.1 Å². The van der Waals surface area contributed by atoms with E-state index in [0.29, 0.717) is 43.4 Å². The number of nitrogens with one attached hydrogen (secondary N) is 1. The third-order valence-corrected chi connectivity index (χ3v) is 3.39. The van der Waals surface area contributed by atoms with Gasteiger partial charge in [-0.05, 0) is 43.7 Å². The SMILES string of the molecule is CCCNC(=O)c1ccc(OCCOc2ccccc2)c(OCC)c1. The van der Waals surface area contributed by atoms with E-state index >= 15 is 0 Å². The lowest BCUT2D eigenvalue weighted by Crippen LogP contribution is -2.24. The van der Waals surface area contributed by atoms with Gasteiger partial charge in [-0.2, -0.15) is 0 Å². The second-order valence-corrected chi connectivity index (χ2v) is 5.36. The van der Waals surface area contributed by atoms with E-state index in [2.05, 4.69) is 5.32 Å². The summed E-state index contributed by atoms with van der Waals surface area (Å²) in [7, 11) is 0. The van der Waals surface area contributed by atoms with Crippen molar-refractivity contribution in [1.82, 2.24) is 5.32 Å².